The lowest BCUT2D eigenvalue weighted by molar-refractivity contribution is 0.00177. The zero-order valence-corrected chi connectivity index (χ0v) is 32.2. The molecule has 53 heavy (non-hydrogen) atoms. The predicted molar refractivity (Wildman–Crippen MR) is 209 cm³/mol. The van der Waals surface area contributed by atoms with Crippen LogP contribution in [0.5, 0.6) is 0 Å². The summed E-state index contributed by atoms with van der Waals surface area (Å²) in [6.07, 6.45) is 9.60. The molecule has 2 bridgehead atoms. The molecule has 5 aromatic rings. The van der Waals surface area contributed by atoms with Crippen molar-refractivity contribution < 1.29 is 18.0 Å². The number of nitrogens with one attached hydrogen (secondary N) is 2. The topological polar surface area (TPSA) is 139 Å². The molecule has 0 saturated heterocycles. The van der Waals surface area contributed by atoms with Crippen molar-refractivity contribution in [2.75, 3.05) is 23.0 Å². The average Bonchev–Trinajstić information content (AvgIpc) is 3.67. The van der Waals surface area contributed by atoms with Gasteiger partial charge < -0.3 is 4.90 Å². The summed E-state index contributed by atoms with van der Waals surface area (Å²) in [5.41, 5.74) is 5.73. The van der Waals surface area contributed by atoms with Gasteiger partial charge in [-0.25, -0.2) is 23.1 Å². The molecule has 2 saturated carbocycles. The Morgan fingerprint density at radius 2 is 1.72 bits per heavy atom. The van der Waals surface area contributed by atoms with E-state index in [1.807, 2.05) is 66.4 Å². The molecule has 13 heteroatoms. The number of sulfonamides is 1. The Balaban J connectivity index is 1.09. The van der Waals surface area contributed by atoms with Crippen molar-refractivity contribution in [3.05, 3.63) is 88.9 Å². The van der Waals surface area contributed by atoms with E-state index in [0.717, 1.165) is 51.3 Å². The quantitative estimate of drug-likeness (QED) is 0.170. The van der Waals surface area contributed by atoms with Crippen LogP contribution in [0.1, 0.15) is 83.6 Å². The molecule has 0 radical (unpaired) electrons. The number of fused-ring (bicyclic) bond motifs is 4. The number of anilines is 2. The van der Waals surface area contributed by atoms with E-state index in [1.54, 1.807) is 6.20 Å². The largest absolute Gasteiger partial charge is 0.352 e. The van der Waals surface area contributed by atoms with Gasteiger partial charge >= 0.3 is 0 Å². The summed E-state index contributed by atoms with van der Waals surface area (Å²) in [6.45, 7) is 8.57. The van der Waals surface area contributed by atoms with Crippen molar-refractivity contribution in [1.29, 1.82) is 0 Å². The number of aromatic nitrogens is 4. The number of hydrogen-bond donors (Lipinski definition) is 2. The molecule has 2 N–H and O–H groups in total. The number of benzene rings is 2. The van der Waals surface area contributed by atoms with Crippen molar-refractivity contribution in [1.82, 2.24) is 24.5 Å². The van der Waals surface area contributed by atoms with Crippen LogP contribution in [0.15, 0.2) is 60.8 Å². The zero-order valence-electron chi connectivity index (χ0n) is 30.6. The molecule has 3 aromatic heterocycles. The zero-order chi connectivity index (χ0) is 37.1. The van der Waals surface area contributed by atoms with Gasteiger partial charge in [-0.2, -0.15) is 5.10 Å². The molecule has 2 fully saturated rings. The van der Waals surface area contributed by atoms with Crippen molar-refractivity contribution >= 4 is 54.3 Å². The van der Waals surface area contributed by atoms with Gasteiger partial charge in [0.2, 0.25) is 10.0 Å². The Bertz CT molecular complexity index is 2300. The number of hydrogen-bond acceptors (Lipinski definition) is 9. The standard InChI is InChI=1S/C40H45N7O4S2/c1-24-16-27-17-25(2)19-40(18-24,20-27)23-47-26(3)31(21-41-47)29-12-13-35(43-36(29)38(49)45-53(4,50)51)46-15-14-28-8-7-9-30(32(28)22-46)37(48)44-39-42-33-10-5-6-11-34(33)52-39/h5-13,21,24-25,27H,14-20,22-23H2,1-4H3,(H,45,49)(H,42,44,48). The number of rotatable bonds is 8. The van der Waals surface area contributed by atoms with E-state index in [9.17, 15) is 18.0 Å². The van der Waals surface area contributed by atoms with Crippen LogP contribution in [-0.2, 0) is 29.5 Å². The van der Waals surface area contributed by atoms with E-state index >= 15 is 0 Å². The first-order valence-corrected chi connectivity index (χ1v) is 21.1. The summed E-state index contributed by atoms with van der Waals surface area (Å²) >= 11 is 1.43. The molecule has 2 aliphatic carbocycles. The minimum Gasteiger partial charge on any atom is -0.352 e. The summed E-state index contributed by atoms with van der Waals surface area (Å²) in [7, 11) is -3.87. The third-order valence-electron chi connectivity index (χ3n) is 11.4. The van der Waals surface area contributed by atoms with Crippen LogP contribution in [0.3, 0.4) is 0 Å². The van der Waals surface area contributed by atoms with Crippen molar-refractivity contribution in [2.45, 2.75) is 72.4 Å². The lowest BCUT2D eigenvalue weighted by Gasteiger charge is -2.50. The number of pyridine rings is 1. The first-order chi connectivity index (χ1) is 25.3. The summed E-state index contributed by atoms with van der Waals surface area (Å²) in [4.78, 5) is 38.7. The van der Waals surface area contributed by atoms with Gasteiger partial charge in [0.05, 0.1) is 22.7 Å². The third-order valence-corrected chi connectivity index (χ3v) is 12.9. The van der Waals surface area contributed by atoms with Crippen LogP contribution in [0, 0.1) is 30.1 Å². The van der Waals surface area contributed by atoms with Crippen molar-refractivity contribution in [3.8, 4) is 11.1 Å². The number of nitrogens with zero attached hydrogens (tertiary/aromatic N) is 5. The van der Waals surface area contributed by atoms with E-state index in [0.29, 0.717) is 53.4 Å². The van der Waals surface area contributed by atoms with Gasteiger partial charge in [-0.05, 0) is 110 Å². The van der Waals surface area contributed by atoms with Gasteiger partial charge in [0.15, 0.2) is 5.13 Å². The summed E-state index contributed by atoms with van der Waals surface area (Å²) in [5, 5.41) is 8.37. The highest BCUT2D eigenvalue weighted by Crippen LogP contribution is 2.53. The molecule has 2 amide bonds. The lowest BCUT2D eigenvalue weighted by atomic mass is 9.57. The summed E-state index contributed by atoms with van der Waals surface area (Å²) in [6, 6.07) is 17.2. The molecule has 0 spiro atoms. The number of thiazole rings is 1. The molecular weight excluding hydrogens is 707 g/mol. The number of carbonyl (C=O) groups excluding carboxylic acids is 2. The Labute approximate surface area is 314 Å². The Kier molecular flexibility index (Phi) is 9.13. The molecule has 1 aliphatic heterocycles. The van der Waals surface area contributed by atoms with Crippen LogP contribution < -0.4 is 14.9 Å². The van der Waals surface area contributed by atoms with Crippen molar-refractivity contribution in [2.24, 2.45) is 23.2 Å². The molecule has 11 nitrogen and oxygen atoms in total. The average molecular weight is 752 g/mol. The third kappa shape index (κ3) is 7.20. The summed E-state index contributed by atoms with van der Waals surface area (Å²) < 4.78 is 29.8. The molecule has 2 atom stereocenters. The Hall–Kier alpha value is -4.62. The molecule has 3 aliphatic rings. The lowest BCUT2D eigenvalue weighted by Crippen LogP contribution is -2.42. The fraction of sp³-hybridized carbons (Fsp3) is 0.425. The van der Waals surface area contributed by atoms with E-state index in [-0.39, 0.29) is 17.0 Å². The van der Waals surface area contributed by atoms with Crippen LogP contribution in [0.4, 0.5) is 10.9 Å². The first-order valence-electron chi connectivity index (χ1n) is 18.4. The second kappa shape index (κ2) is 13.7. The fourth-order valence-electron chi connectivity index (χ4n) is 9.60. The highest BCUT2D eigenvalue weighted by Gasteiger charge is 2.44. The predicted octanol–water partition coefficient (Wildman–Crippen LogP) is 7.22. The monoisotopic (exact) mass is 751 g/mol. The summed E-state index contributed by atoms with van der Waals surface area (Å²) in [5.74, 6) is 1.60. The molecule has 2 unspecified atom stereocenters. The number of amides is 2. The maximum Gasteiger partial charge on any atom is 0.284 e. The number of para-hydroxylation sites is 1. The van der Waals surface area contributed by atoms with Crippen molar-refractivity contribution in [3.63, 3.8) is 0 Å². The smallest absolute Gasteiger partial charge is 0.284 e. The van der Waals surface area contributed by atoms with E-state index in [1.165, 1.54) is 43.4 Å². The fourth-order valence-corrected chi connectivity index (χ4v) is 10.9. The molecule has 276 valence electrons. The highest BCUT2D eigenvalue weighted by atomic mass is 32.2. The minimum atomic E-state index is -3.87. The molecule has 4 heterocycles. The number of carbonyl (C=O) groups is 2. The second-order valence-corrected chi connectivity index (χ2v) is 18.6. The SMILES string of the molecule is Cc1c(-c2ccc(N3CCc4cccc(C(=O)Nc5nc6ccccc6s5)c4C3)nc2C(=O)NS(C)(=O)=O)cnn1CC12CC(C)CC(CC(C)C1)C2. The van der Waals surface area contributed by atoms with Gasteiger partial charge in [-0.15, -0.1) is 0 Å². The van der Waals surface area contributed by atoms with Crippen LogP contribution in [0.2, 0.25) is 0 Å². The molecular formula is C40H45N7O4S2. The maximum absolute atomic E-state index is 13.7. The Morgan fingerprint density at radius 1 is 0.943 bits per heavy atom. The van der Waals surface area contributed by atoms with Crippen LogP contribution >= 0.6 is 11.3 Å². The minimum absolute atomic E-state index is 0.0130. The van der Waals surface area contributed by atoms with E-state index in [4.69, 9.17) is 10.1 Å². The maximum atomic E-state index is 13.7. The van der Waals surface area contributed by atoms with Gasteiger partial charge in [-0.1, -0.05) is 49.4 Å². The van der Waals surface area contributed by atoms with Gasteiger partial charge in [0.1, 0.15) is 11.5 Å². The molecule has 8 rings (SSSR count). The van der Waals surface area contributed by atoms with Gasteiger partial charge in [0.25, 0.3) is 11.8 Å². The van der Waals surface area contributed by atoms with Crippen LogP contribution in [0.25, 0.3) is 21.3 Å². The molecule has 2 aromatic carbocycles. The van der Waals surface area contributed by atoms with E-state index < -0.39 is 15.9 Å². The van der Waals surface area contributed by atoms with E-state index in [2.05, 4.69) is 33.6 Å². The van der Waals surface area contributed by atoms with Gasteiger partial charge in [0, 0.05) is 42.0 Å². The first kappa shape index (κ1) is 35.4. The van der Waals surface area contributed by atoms with Crippen LogP contribution in [-0.4, -0.2) is 52.8 Å². The second-order valence-electron chi connectivity index (χ2n) is 15.8. The highest BCUT2D eigenvalue weighted by molar-refractivity contribution is 7.89. The Morgan fingerprint density at radius 3 is 2.47 bits per heavy atom. The van der Waals surface area contributed by atoms with Gasteiger partial charge in [-0.3, -0.25) is 19.6 Å². The normalized spacial score (nSPS) is 22.7.